The molecule has 0 aromatic heterocycles. The van der Waals surface area contributed by atoms with Crippen molar-refractivity contribution in [1.29, 1.82) is 0 Å². The van der Waals surface area contributed by atoms with Crippen molar-refractivity contribution in [1.82, 2.24) is 0 Å². The molecule has 0 nitrogen and oxygen atoms in total. The normalized spacial score (nSPS) is 22.2. The largest absolute Gasteiger partial charge is 0.0984 e. The fourth-order valence-corrected chi connectivity index (χ4v) is 1.93. The second-order valence-corrected chi connectivity index (χ2v) is 3.79. The molecule has 0 aliphatic heterocycles. The van der Waals surface area contributed by atoms with Crippen LogP contribution >= 0.6 is 0 Å². The molecule has 0 spiro atoms. The second-order valence-electron chi connectivity index (χ2n) is 3.79. The predicted molar refractivity (Wildman–Crippen MR) is 64.2 cm³/mol. The van der Waals surface area contributed by atoms with E-state index < -0.39 is 0 Å². The first-order valence-electron chi connectivity index (χ1n) is 4.95. The van der Waals surface area contributed by atoms with Crippen molar-refractivity contribution in [3.05, 3.63) is 59.3 Å². The third-order valence-corrected chi connectivity index (χ3v) is 2.46. The average molecular weight is 186 g/mol. The maximum absolute atomic E-state index is 3.92. The maximum Gasteiger partial charge on any atom is -0.00545 e. The summed E-state index contributed by atoms with van der Waals surface area (Å²) in [5.74, 6) is 0. The van der Waals surface area contributed by atoms with Crippen molar-refractivity contribution in [3.63, 3.8) is 0 Å². The first-order chi connectivity index (χ1) is 6.60. The molecule has 0 saturated carbocycles. The molecule has 0 aromatic rings. The molecule has 14 heavy (non-hydrogen) atoms. The number of rotatable bonds is 2. The topological polar surface area (TPSA) is 0 Å². The lowest BCUT2D eigenvalue weighted by molar-refractivity contribution is 1.19. The van der Waals surface area contributed by atoms with E-state index in [1.165, 1.54) is 22.3 Å². The summed E-state index contributed by atoms with van der Waals surface area (Å²) in [4.78, 5) is 0. The van der Waals surface area contributed by atoms with Gasteiger partial charge in [-0.3, -0.25) is 0 Å². The monoisotopic (exact) mass is 186 g/mol. The molecule has 74 valence electrons. The summed E-state index contributed by atoms with van der Waals surface area (Å²) < 4.78 is 0. The Morgan fingerprint density at radius 3 is 2.50 bits per heavy atom. The van der Waals surface area contributed by atoms with E-state index in [1.807, 2.05) is 13.0 Å². The van der Waals surface area contributed by atoms with Gasteiger partial charge in [0, 0.05) is 0 Å². The van der Waals surface area contributed by atoms with E-state index in [-0.39, 0.29) is 0 Å². The SMILES string of the molecule is C=CC1=C(C)CC(=C/C(=C)C)/C1=C\C. The van der Waals surface area contributed by atoms with E-state index in [0.717, 1.165) is 12.0 Å². The number of hydrogen-bond donors (Lipinski definition) is 0. The molecule has 1 aliphatic carbocycles. The van der Waals surface area contributed by atoms with Gasteiger partial charge in [0.2, 0.25) is 0 Å². The molecule has 0 heteroatoms. The maximum atomic E-state index is 3.92. The standard InChI is InChI=1S/C14H18/c1-6-13-11(5)9-12(8-10(3)4)14(13)7-2/h6-8H,1,3,9H2,2,4-5H3/b12-8-,14-7+. The lowest BCUT2D eigenvalue weighted by Gasteiger charge is -2.02. The fraction of sp³-hybridized carbons (Fsp3) is 0.286. The van der Waals surface area contributed by atoms with Crippen LogP contribution in [-0.2, 0) is 0 Å². The van der Waals surface area contributed by atoms with E-state index >= 15 is 0 Å². The minimum atomic E-state index is 1.04. The van der Waals surface area contributed by atoms with Crippen molar-refractivity contribution >= 4 is 0 Å². The van der Waals surface area contributed by atoms with Gasteiger partial charge < -0.3 is 0 Å². The molecule has 0 unspecified atom stereocenters. The summed E-state index contributed by atoms with van der Waals surface area (Å²) in [6.45, 7) is 14.0. The predicted octanol–water partition coefficient (Wildman–Crippen LogP) is 4.34. The van der Waals surface area contributed by atoms with Crippen LogP contribution in [0.3, 0.4) is 0 Å². The van der Waals surface area contributed by atoms with Gasteiger partial charge in [0.05, 0.1) is 0 Å². The Morgan fingerprint density at radius 1 is 1.43 bits per heavy atom. The van der Waals surface area contributed by atoms with Crippen LogP contribution in [0.5, 0.6) is 0 Å². The van der Waals surface area contributed by atoms with Crippen molar-refractivity contribution in [2.75, 3.05) is 0 Å². The highest BCUT2D eigenvalue weighted by molar-refractivity contribution is 5.61. The molecular formula is C14H18. The highest BCUT2D eigenvalue weighted by atomic mass is 14.2. The van der Waals surface area contributed by atoms with Crippen molar-refractivity contribution < 1.29 is 0 Å². The Balaban J connectivity index is 3.14. The van der Waals surface area contributed by atoms with Crippen LogP contribution in [-0.4, -0.2) is 0 Å². The Bertz CT molecular complexity index is 359. The lowest BCUT2D eigenvalue weighted by atomic mass is 10.0. The first kappa shape index (κ1) is 10.8. The third kappa shape index (κ3) is 1.95. The summed E-state index contributed by atoms with van der Waals surface area (Å²) in [6, 6.07) is 0. The molecule has 0 heterocycles. The van der Waals surface area contributed by atoms with Crippen LogP contribution < -0.4 is 0 Å². The summed E-state index contributed by atoms with van der Waals surface area (Å²) in [5.41, 5.74) is 6.49. The molecule has 0 atom stereocenters. The lowest BCUT2D eigenvalue weighted by Crippen LogP contribution is -1.83. The average Bonchev–Trinajstić information content (AvgIpc) is 2.39. The smallest absolute Gasteiger partial charge is 0.00545 e. The van der Waals surface area contributed by atoms with Crippen LogP contribution in [0.15, 0.2) is 59.3 Å². The van der Waals surface area contributed by atoms with Crippen LogP contribution in [0.1, 0.15) is 27.2 Å². The number of hydrogen-bond acceptors (Lipinski definition) is 0. The molecule has 0 radical (unpaired) electrons. The van der Waals surface area contributed by atoms with Crippen molar-refractivity contribution in [2.45, 2.75) is 27.2 Å². The highest BCUT2D eigenvalue weighted by Crippen LogP contribution is 2.36. The quantitative estimate of drug-likeness (QED) is 0.601. The van der Waals surface area contributed by atoms with Gasteiger partial charge in [-0.05, 0) is 43.9 Å². The van der Waals surface area contributed by atoms with E-state index in [0.29, 0.717) is 0 Å². The molecule has 1 rings (SSSR count). The Morgan fingerprint density at radius 2 is 2.07 bits per heavy atom. The Kier molecular flexibility index (Phi) is 3.29. The van der Waals surface area contributed by atoms with Gasteiger partial charge in [0.1, 0.15) is 0 Å². The minimum absolute atomic E-state index is 1.04. The summed E-state index contributed by atoms with van der Waals surface area (Å²) in [6.07, 6.45) is 7.30. The highest BCUT2D eigenvalue weighted by Gasteiger charge is 2.18. The van der Waals surface area contributed by atoms with E-state index in [1.54, 1.807) is 0 Å². The first-order valence-corrected chi connectivity index (χ1v) is 4.95. The fourth-order valence-electron chi connectivity index (χ4n) is 1.93. The van der Waals surface area contributed by atoms with Gasteiger partial charge in [-0.1, -0.05) is 42.5 Å². The molecule has 0 N–H and O–H groups in total. The molecule has 0 aromatic carbocycles. The zero-order chi connectivity index (χ0) is 10.7. The zero-order valence-electron chi connectivity index (χ0n) is 9.35. The summed E-state index contributed by atoms with van der Waals surface area (Å²) >= 11 is 0. The van der Waals surface area contributed by atoms with Crippen molar-refractivity contribution in [2.24, 2.45) is 0 Å². The molecule has 0 fully saturated rings. The minimum Gasteiger partial charge on any atom is -0.0984 e. The Hall–Kier alpha value is -1.30. The van der Waals surface area contributed by atoms with Crippen LogP contribution in [0.2, 0.25) is 0 Å². The van der Waals surface area contributed by atoms with E-state index in [9.17, 15) is 0 Å². The molecular weight excluding hydrogens is 168 g/mol. The summed E-state index contributed by atoms with van der Waals surface area (Å²) in [5, 5.41) is 0. The second kappa shape index (κ2) is 4.28. The van der Waals surface area contributed by atoms with Gasteiger partial charge in [-0.25, -0.2) is 0 Å². The molecule has 0 saturated heterocycles. The van der Waals surface area contributed by atoms with Gasteiger partial charge in [-0.2, -0.15) is 0 Å². The number of allylic oxidation sites excluding steroid dienone is 8. The summed E-state index contributed by atoms with van der Waals surface area (Å²) in [7, 11) is 0. The van der Waals surface area contributed by atoms with Crippen LogP contribution in [0.4, 0.5) is 0 Å². The van der Waals surface area contributed by atoms with Crippen LogP contribution in [0, 0.1) is 0 Å². The van der Waals surface area contributed by atoms with Gasteiger partial charge in [0.15, 0.2) is 0 Å². The van der Waals surface area contributed by atoms with E-state index in [4.69, 9.17) is 0 Å². The molecule has 1 aliphatic rings. The Labute approximate surface area is 87.0 Å². The van der Waals surface area contributed by atoms with Gasteiger partial charge in [0.25, 0.3) is 0 Å². The zero-order valence-corrected chi connectivity index (χ0v) is 9.35. The third-order valence-electron chi connectivity index (χ3n) is 2.46. The molecule has 0 amide bonds. The molecule has 0 bridgehead atoms. The van der Waals surface area contributed by atoms with Crippen LogP contribution in [0.25, 0.3) is 0 Å². The van der Waals surface area contributed by atoms with Gasteiger partial charge >= 0.3 is 0 Å². The van der Waals surface area contributed by atoms with E-state index in [2.05, 4.69) is 39.2 Å². The van der Waals surface area contributed by atoms with Gasteiger partial charge in [-0.15, -0.1) is 0 Å². The van der Waals surface area contributed by atoms with Crippen molar-refractivity contribution in [3.8, 4) is 0 Å².